The normalized spacial score (nSPS) is 20.9. The Labute approximate surface area is 251 Å². The maximum absolute atomic E-state index is 15.4. The molecule has 3 aromatic carbocycles. The lowest BCUT2D eigenvalue weighted by Gasteiger charge is -2.35. The van der Waals surface area contributed by atoms with E-state index in [1.54, 1.807) is 37.3 Å². The van der Waals surface area contributed by atoms with Crippen molar-refractivity contribution in [2.45, 2.75) is 104 Å². The van der Waals surface area contributed by atoms with Crippen LogP contribution in [0.25, 0.3) is 27.8 Å². The molecular weight excluding hydrogens is 525 g/mol. The van der Waals surface area contributed by atoms with Crippen molar-refractivity contribution in [3.8, 4) is 22.3 Å². The van der Waals surface area contributed by atoms with Gasteiger partial charge >= 0.3 is 0 Å². The molecule has 1 unspecified atom stereocenters. The number of halogens is 3. The molecule has 224 valence electrons. The van der Waals surface area contributed by atoms with Gasteiger partial charge in [0.2, 0.25) is 0 Å². The van der Waals surface area contributed by atoms with Crippen molar-refractivity contribution in [3.05, 3.63) is 89.3 Å². The summed E-state index contributed by atoms with van der Waals surface area (Å²) in [5.74, 6) is 0.736. The molecule has 0 spiro atoms. The van der Waals surface area contributed by atoms with E-state index in [4.69, 9.17) is 0 Å². The molecule has 0 radical (unpaired) electrons. The Bertz CT molecular complexity index is 1340. The zero-order chi connectivity index (χ0) is 29.5. The van der Waals surface area contributed by atoms with Gasteiger partial charge in [0.25, 0.3) is 0 Å². The van der Waals surface area contributed by atoms with Crippen molar-refractivity contribution < 1.29 is 13.2 Å². The highest BCUT2D eigenvalue weighted by molar-refractivity contribution is 5.74. The summed E-state index contributed by atoms with van der Waals surface area (Å²) in [6, 6.07) is 16.0. The van der Waals surface area contributed by atoms with Gasteiger partial charge in [0.05, 0.1) is 0 Å². The minimum Gasteiger partial charge on any atom is -0.206 e. The topological polar surface area (TPSA) is 0 Å². The molecule has 0 saturated heterocycles. The third-order valence-electron chi connectivity index (χ3n) is 10.1. The summed E-state index contributed by atoms with van der Waals surface area (Å²) >= 11 is 0. The first-order valence-corrected chi connectivity index (χ1v) is 16.5. The minimum atomic E-state index is -0.818. The summed E-state index contributed by atoms with van der Waals surface area (Å²) < 4.78 is 44.3. The standard InChI is InChI=1S/C39H47F3/c1-3-5-6-7-8-9-27-10-12-29(13-11-27)30-14-18-32(19-15-30)35-24-23-34(26-37(35)40)31-16-20-33(21-17-31)36-25-22-28(4-2)38(41)39(36)42/h16-18,20-27,29-30H,3-15,19H2,1-2H3. The Kier molecular flexibility index (Phi) is 10.6. The fourth-order valence-electron chi connectivity index (χ4n) is 7.39. The molecule has 42 heavy (non-hydrogen) atoms. The van der Waals surface area contributed by atoms with Gasteiger partial charge in [0, 0.05) is 11.1 Å². The number of allylic oxidation sites excluding steroid dienone is 2. The Balaban J connectivity index is 1.16. The van der Waals surface area contributed by atoms with Crippen molar-refractivity contribution in [2.24, 2.45) is 17.8 Å². The van der Waals surface area contributed by atoms with Gasteiger partial charge in [0.15, 0.2) is 11.6 Å². The van der Waals surface area contributed by atoms with Crippen LogP contribution in [0.15, 0.2) is 60.7 Å². The zero-order valence-electron chi connectivity index (χ0n) is 25.5. The zero-order valence-corrected chi connectivity index (χ0v) is 25.5. The first kappa shape index (κ1) is 30.6. The van der Waals surface area contributed by atoms with Crippen molar-refractivity contribution in [1.82, 2.24) is 0 Å². The summed E-state index contributed by atoms with van der Waals surface area (Å²) in [5, 5.41) is 0. The predicted molar refractivity (Wildman–Crippen MR) is 171 cm³/mol. The molecule has 1 atom stereocenters. The largest absolute Gasteiger partial charge is 0.206 e. The van der Waals surface area contributed by atoms with Crippen LogP contribution in [0.4, 0.5) is 13.2 Å². The highest BCUT2D eigenvalue weighted by atomic mass is 19.2. The van der Waals surface area contributed by atoms with Gasteiger partial charge in [0.1, 0.15) is 5.82 Å². The van der Waals surface area contributed by atoms with Crippen molar-refractivity contribution in [3.63, 3.8) is 0 Å². The predicted octanol–water partition coefficient (Wildman–Crippen LogP) is 12.4. The molecule has 0 amide bonds. The van der Waals surface area contributed by atoms with Crippen LogP contribution < -0.4 is 0 Å². The van der Waals surface area contributed by atoms with E-state index in [0.29, 0.717) is 23.1 Å². The van der Waals surface area contributed by atoms with Gasteiger partial charge in [-0.3, -0.25) is 0 Å². The van der Waals surface area contributed by atoms with E-state index in [1.165, 1.54) is 64.2 Å². The van der Waals surface area contributed by atoms with Crippen molar-refractivity contribution in [1.29, 1.82) is 0 Å². The van der Waals surface area contributed by atoms with Crippen molar-refractivity contribution >= 4 is 5.57 Å². The second-order valence-corrected chi connectivity index (χ2v) is 12.8. The summed E-state index contributed by atoms with van der Waals surface area (Å²) in [4.78, 5) is 0. The molecule has 5 rings (SSSR count). The average Bonchev–Trinajstić information content (AvgIpc) is 3.03. The molecule has 0 nitrogen and oxygen atoms in total. The molecule has 1 saturated carbocycles. The number of benzene rings is 3. The highest BCUT2D eigenvalue weighted by Crippen LogP contribution is 2.43. The number of hydrogen-bond donors (Lipinski definition) is 0. The van der Waals surface area contributed by atoms with Crippen molar-refractivity contribution in [2.75, 3.05) is 0 Å². The van der Waals surface area contributed by atoms with E-state index >= 15 is 4.39 Å². The third-order valence-corrected chi connectivity index (χ3v) is 10.1. The highest BCUT2D eigenvalue weighted by Gasteiger charge is 2.29. The molecule has 0 aromatic heterocycles. The van der Waals surface area contributed by atoms with E-state index in [0.717, 1.165) is 53.7 Å². The van der Waals surface area contributed by atoms with E-state index < -0.39 is 11.6 Å². The average molecular weight is 573 g/mol. The van der Waals surface area contributed by atoms with Gasteiger partial charge in [-0.05, 0) is 90.2 Å². The smallest absolute Gasteiger partial charge is 0.166 e. The first-order chi connectivity index (χ1) is 20.5. The van der Waals surface area contributed by atoms with Crippen LogP contribution in [0, 0.1) is 35.2 Å². The summed E-state index contributed by atoms with van der Waals surface area (Å²) in [6.45, 7) is 4.09. The van der Waals surface area contributed by atoms with E-state index in [1.807, 2.05) is 24.3 Å². The van der Waals surface area contributed by atoms with Gasteiger partial charge in [-0.2, -0.15) is 0 Å². The van der Waals surface area contributed by atoms with Crippen LogP contribution in [0.1, 0.15) is 108 Å². The Morgan fingerprint density at radius 2 is 1.33 bits per heavy atom. The van der Waals surface area contributed by atoms with Crippen LogP contribution in [0.3, 0.4) is 0 Å². The third kappa shape index (κ3) is 7.21. The quantitative estimate of drug-likeness (QED) is 0.200. The van der Waals surface area contributed by atoms with Crippen LogP contribution in [-0.4, -0.2) is 0 Å². The Morgan fingerprint density at radius 3 is 2.00 bits per heavy atom. The fourth-order valence-corrected chi connectivity index (χ4v) is 7.39. The van der Waals surface area contributed by atoms with E-state index in [9.17, 15) is 8.78 Å². The lowest BCUT2D eigenvalue weighted by molar-refractivity contribution is 0.187. The molecule has 0 bridgehead atoms. The minimum absolute atomic E-state index is 0.191. The Morgan fingerprint density at radius 1 is 0.643 bits per heavy atom. The second kappa shape index (κ2) is 14.6. The van der Waals surface area contributed by atoms with Crippen LogP contribution in [-0.2, 0) is 6.42 Å². The van der Waals surface area contributed by atoms with Gasteiger partial charge in [-0.15, -0.1) is 0 Å². The van der Waals surface area contributed by atoms with E-state index in [2.05, 4.69) is 13.0 Å². The number of rotatable bonds is 11. The molecule has 3 heteroatoms. The molecule has 2 aliphatic carbocycles. The van der Waals surface area contributed by atoms with Gasteiger partial charge < -0.3 is 0 Å². The molecular formula is C39H47F3. The molecule has 1 fully saturated rings. The van der Waals surface area contributed by atoms with Crippen LogP contribution in [0.2, 0.25) is 0 Å². The number of aryl methyl sites for hydroxylation is 1. The SMILES string of the molecule is CCCCCCCC1CCC(C2CC=C(c3ccc(-c4ccc(-c5ccc(CC)c(F)c5F)cc4)cc3F)CC2)CC1. The molecule has 0 N–H and O–H groups in total. The first-order valence-electron chi connectivity index (χ1n) is 16.5. The second-order valence-electron chi connectivity index (χ2n) is 12.8. The summed E-state index contributed by atoms with van der Waals surface area (Å²) in [7, 11) is 0. The molecule has 0 heterocycles. The molecule has 3 aromatic rings. The maximum atomic E-state index is 15.4. The molecule has 2 aliphatic rings. The Hall–Kier alpha value is -2.81. The maximum Gasteiger partial charge on any atom is 0.166 e. The number of unbranched alkanes of at least 4 members (excludes halogenated alkanes) is 4. The molecule has 0 aliphatic heterocycles. The van der Waals surface area contributed by atoms with Gasteiger partial charge in [-0.1, -0.05) is 120 Å². The monoisotopic (exact) mass is 572 g/mol. The van der Waals surface area contributed by atoms with E-state index in [-0.39, 0.29) is 11.4 Å². The number of hydrogen-bond acceptors (Lipinski definition) is 0. The van der Waals surface area contributed by atoms with Crippen LogP contribution in [0.5, 0.6) is 0 Å². The fraction of sp³-hybridized carbons (Fsp3) is 0.487. The lowest BCUT2D eigenvalue weighted by Crippen LogP contribution is -2.23. The van der Waals surface area contributed by atoms with Gasteiger partial charge in [-0.25, -0.2) is 13.2 Å². The van der Waals surface area contributed by atoms with Crippen LogP contribution >= 0.6 is 0 Å². The summed E-state index contributed by atoms with van der Waals surface area (Å²) in [5.41, 5.74) is 4.71. The summed E-state index contributed by atoms with van der Waals surface area (Å²) in [6.07, 6.45) is 19.8. The lowest BCUT2D eigenvalue weighted by atomic mass is 9.70.